The van der Waals surface area contributed by atoms with Crippen LogP contribution in [0, 0.1) is 13.8 Å². The zero-order chi connectivity index (χ0) is 12.6. The van der Waals surface area contributed by atoms with Gasteiger partial charge in [0.25, 0.3) is 0 Å². The van der Waals surface area contributed by atoms with E-state index in [2.05, 4.69) is 16.7 Å². The summed E-state index contributed by atoms with van der Waals surface area (Å²) in [4.78, 5) is 4.51. The molecule has 2 rings (SSSR count). The summed E-state index contributed by atoms with van der Waals surface area (Å²) in [6, 6.07) is 0. The number of aryl methyl sites for hydroxylation is 3. The van der Waals surface area contributed by atoms with Crippen molar-refractivity contribution in [3.8, 4) is 11.3 Å². The fourth-order valence-electron chi connectivity index (χ4n) is 1.97. The van der Waals surface area contributed by atoms with Crippen molar-refractivity contribution in [1.29, 1.82) is 0 Å². The van der Waals surface area contributed by atoms with Crippen LogP contribution in [-0.2, 0) is 13.6 Å². The van der Waals surface area contributed by atoms with Crippen LogP contribution in [0.5, 0.6) is 0 Å². The van der Waals surface area contributed by atoms with Gasteiger partial charge in [-0.05, 0) is 13.8 Å². The van der Waals surface area contributed by atoms with Gasteiger partial charge in [0.05, 0.1) is 5.69 Å². The molecule has 0 aliphatic rings. The largest absolute Gasteiger partial charge is 0.383 e. The predicted molar refractivity (Wildman–Crippen MR) is 68.5 cm³/mol. The van der Waals surface area contributed by atoms with Gasteiger partial charge in [0.15, 0.2) is 0 Å². The molecule has 0 aromatic carbocycles. The molecule has 90 valence electrons. The number of nitrogen functional groups attached to an aromatic ring is 1. The number of nitrogens with zero attached hydrogens (tertiary/aromatic N) is 4. The van der Waals surface area contributed by atoms with Crippen molar-refractivity contribution in [2.75, 3.05) is 5.73 Å². The highest BCUT2D eigenvalue weighted by Gasteiger charge is 2.16. The number of nitrogens with two attached hydrogens (primary N) is 1. The second-order valence-electron chi connectivity index (χ2n) is 4.09. The van der Waals surface area contributed by atoms with Crippen molar-refractivity contribution in [3.63, 3.8) is 0 Å². The SMILES string of the molecule is C=CCn1c(C)nc(-c2cn(C)nc2C)c1N. The van der Waals surface area contributed by atoms with Gasteiger partial charge in [0.2, 0.25) is 0 Å². The van der Waals surface area contributed by atoms with Crippen molar-refractivity contribution in [1.82, 2.24) is 19.3 Å². The minimum absolute atomic E-state index is 0.665. The van der Waals surface area contributed by atoms with Crippen molar-refractivity contribution in [3.05, 3.63) is 30.4 Å². The van der Waals surface area contributed by atoms with Gasteiger partial charge in [-0.3, -0.25) is 4.68 Å². The molecule has 0 bridgehead atoms. The monoisotopic (exact) mass is 231 g/mol. The number of hydrogen-bond acceptors (Lipinski definition) is 3. The zero-order valence-corrected chi connectivity index (χ0v) is 10.4. The summed E-state index contributed by atoms with van der Waals surface area (Å²) < 4.78 is 3.71. The first-order valence-electron chi connectivity index (χ1n) is 5.48. The molecule has 2 aromatic rings. The maximum Gasteiger partial charge on any atom is 0.132 e. The molecular formula is C12H17N5. The molecule has 5 nitrogen and oxygen atoms in total. The van der Waals surface area contributed by atoms with Gasteiger partial charge >= 0.3 is 0 Å². The molecular weight excluding hydrogens is 214 g/mol. The average Bonchev–Trinajstić information content (AvgIpc) is 2.72. The number of rotatable bonds is 3. The highest BCUT2D eigenvalue weighted by molar-refractivity contribution is 5.72. The summed E-state index contributed by atoms with van der Waals surface area (Å²) in [7, 11) is 1.89. The van der Waals surface area contributed by atoms with Gasteiger partial charge in [0.1, 0.15) is 17.3 Å². The minimum atomic E-state index is 0.665. The Bertz CT molecular complexity index is 562. The van der Waals surface area contributed by atoms with E-state index in [1.807, 2.05) is 37.7 Å². The van der Waals surface area contributed by atoms with E-state index in [1.54, 1.807) is 4.68 Å². The molecule has 0 saturated carbocycles. The van der Waals surface area contributed by atoms with Gasteiger partial charge < -0.3 is 10.3 Å². The summed E-state index contributed by atoms with van der Waals surface area (Å²) in [6.07, 6.45) is 3.75. The molecule has 0 amide bonds. The quantitative estimate of drug-likeness (QED) is 0.817. The van der Waals surface area contributed by atoms with Gasteiger partial charge in [-0.2, -0.15) is 5.10 Å². The fraction of sp³-hybridized carbons (Fsp3) is 0.333. The Balaban J connectivity index is 2.57. The summed E-state index contributed by atoms with van der Waals surface area (Å²) in [5, 5.41) is 4.31. The standard InChI is InChI=1S/C12H17N5/c1-5-6-17-9(3)14-11(12(17)13)10-7-16(4)15-8(10)2/h5,7H,1,6,13H2,2-4H3. The molecule has 2 N–H and O–H groups in total. The minimum Gasteiger partial charge on any atom is -0.383 e. The lowest BCUT2D eigenvalue weighted by Crippen LogP contribution is -2.03. The number of allylic oxidation sites excluding steroid dienone is 1. The van der Waals surface area contributed by atoms with Crippen molar-refractivity contribution >= 4 is 5.82 Å². The van der Waals surface area contributed by atoms with Crippen LogP contribution in [0.1, 0.15) is 11.5 Å². The number of imidazole rings is 1. The lowest BCUT2D eigenvalue weighted by Gasteiger charge is -2.03. The number of aromatic nitrogens is 4. The second-order valence-corrected chi connectivity index (χ2v) is 4.09. The van der Waals surface area contributed by atoms with Gasteiger partial charge in [-0.25, -0.2) is 4.98 Å². The molecule has 2 heterocycles. The molecule has 17 heavy (non-hydrogen) atoms. The molecule has 0 atom stereocenters. The fourth-order valence-corrected chi connectivity index (χ4v) is 1.97. The Morgan fingerprint density at radius 3 is 2.71 bits per heavy atom. The predicted octanol–water partition coefficient (Wildman–Crippen LogP) is 1.67. The Hall–Kier alpha value is -2.04. The second kappa shape index (κ2) is 4.08. The van der Waals surface area contributed by atoms with Gasteiger partial charge in [-0.15, -0.1) is 6.58 Å². The highest BCUT2D eigenvalue weighted by atomic mass is 15.3. The van der Waals surface area contributed by atoms with E-state index in [0.717, 1.165) is 22.8 Å². The van der Waals surface area contributed by atoms with Crippen LogP contribution < -0.4 is 5.73 Å². The third kappa shape index (κ3) is 1.84. The normalized spacial score (nSPS) is 10.8. The van der Waals surface area contributed by atoms with Gasteiger partial charge in [-0.1, -0.05) is 6.08 Å². The van der Waals surface area contributed by atoms with Crippen LogP contribution in [-0.4, -0.2) is 19.3 Å². The Morgan fingerprint density at radius 1 is 1.47 bits per heavy atom. The molecule has 0 spiro atoms. The number of hydrogen-bond donors (Lipinski definition) is 1. The van der Waals surface area contributed by atoms with E-state index in [4.69, 9.17) is 5.73 Å². The maximum absolute atomic E-state index is 6.12. The van der Waals surface area contributed by atoms with Gasteiger partial charge in [0, 0.05) is 25.4 Å². The molecule has 0 fully saturated rings. The lowest BCUT2D eigenvalue weighted by molar-refractivity contribution is 0.756. The van der Waals surface area contributed by atoms with E-state index in [9.17, 15) is 0 Å². The summed E-state index contributed by atoms with van der Waals surface area (Å²) in [5.74, 6) is 1.55. The topological polar surface area (TPSA) is 61.7 Å². The molecule has 0 unspecified atom stereocenters. The average molecular weight is 231 g/mol. The van der Waals surface area contributed by atoms with Crippen molar-refractivity contribution in [2.24, 2.45) is 7.05 Å². The molecule has 2 aromatic heterocycles. The lowest BCUT2D eigenvalue weighted by atomic mass is 10.2. The van der Waals surface area contributed by atoms with E-state index >= 15 is 0 Å². The summed E-state index contributed by atoms with van der Waals surface area (Å²) in [6.45, 7) is 8.29. The third-order valence-corrected chi connectivity index (χ3v) is 2.78. The highest BCUT2D eigenvalue weighted by Crippen LogP contribution is 2.28. The smallest absolute Gasteiger partial charge is 0.132 e. The van der Waals surface area contributed by atoms with E-state index in [-0.39, 0.29) is 0 Å². The van der Waals surface area contributed by atoms with Crippen molar-refractivity contribution in [2.45, 2.75) is 20.4 Å². The molecule has 5 heteroatoms. The van der Waals surface area contributed by atoms with E-state index in [1.165, 1.54) is 0 Å². The zero-order valence-electron chi connectivity index (χ0n) is 10.4. The molecule has 0 saturated heterocycles. The maximum atomic E-state index is 6.12. The van der Waals surface area contributed by atoms with E-state index < -0.39 is 0 Å². The van der Waals surface area contributed by atoms with Crippen LogP contribution in [0.3, 0.4) is 0 Å². The van der Waals surface area contributed by atoms with Crippen LogP contribution in [0.2, 0.25) is 0 Å². The summed E-state index contributed by atoms with van der Waals surface area (Å²) in [5.41, 5.74) is 8.83. The number of anilines is 1. The first-order valence-corrected chi connectivity index (χ1v) is 5.48. The van der Waals surface area contributed by atoms with E-state index in [0.29, 0.717) is 12.4 Å². The first kappa shape index (κ1) is 11.4. The Morgan fingerprint density at radius 2 is 2.18 bits per heavy atom. The van der Waals surface area contributed by atoms with Crippen LogP contribution in [0.4, 0.5) is 5.82 Å². The molecule has 0 radical (unpaired) electrons. The molecule has 0 aliphatic carbocycles. The van der Waals surface area contributed by atoms with Crippen LogP contribution >= 0.6 is 0 Å². The third-order valence-electron chi connectivity index (χ3n) is 2.78. The van der Waals surface area contributed by atoms with Crippen LogP contribution in [0.25, 0.3) is 11.3 Å². The first-order chi connectivity index (χ1) is 8.04. The van der Waals surface area contributed by atoms with Crippen molar-refractivity contribution < 1.29 is 0 Å². The van der Waals surface area contributed by atoms with Crippen LogP contribution in [0.15, 0.2) is 18.9 Å². The Labute approximate surface area is 101 Å². The Kier molecular flexibility index (Phi) is 2.75. The molecule has 0 aliphatic heterocycles. The summed E-state index contributed by atoms with van der Waals surface area (Å²) >= 11 is 0.